The van der Waals surface area contributed by atoms with Crippen molar-refractivity contribution in [1.29, 1.82) is 0 Å². The summed E-state index contributed by atoms with van der Waals surface area (Å²) in [5, 5.41) is 12.9. The normalized spacial score (nSPS) is 16.1. The maximum atomic E-state index is 5.81. The number of benzene rings is 2. The Hall–Kier alpha value is -3.13. The van der Waals surface area contributed by atoms with Crippen LogP contribution >= 0.6 is 0 Å². The van der Waals surface area contributed by atoms with Gasteiger partial charge in [-0.2, -0.15) is 0 Å². The lowest BCUT2D eigenvalue weighted by molar-refractivity contribution is 0.188. The van der Waals surface area contributed by atoms with Crippen LogP contribution in [0.25, 0.3) is 0 Å². The van der Waals surface area contributed by atoms with Crippen LogP contribution in [0.4, 0.5) is 5.69 Å². The van der Waals surface area contributed by atoms with E-state index >= 15 is 0 Å². The zero-order chi connectivity index (χ0) is 22.7. The molecule has 1 unspecified atom stereocenters. The first-order valence-electron chi connectivity index (χ1n) is 11.0. The van der Waals surface area contributed by atoms with Gasteiger partial charge in [-0.15, -0.1) is 5.10 Å². The average molecular weight is 437 g/mol. The number of rotatable bonds is 6. The Morgan fingerprint density at radius 3 is 2.22 bits per heavy atom. The Kier molecular flexibility index (Phi) is 6.32. The maximum absolute atomic E-state index is 5.81. The highest BCUT2D eigenvalue weighted by Crippen LogP contribution is 2.40. The number of ether oxygens (including phenoxy) is 2. The van der Waals surface area contributed by atoms with Gasteiger partial charge in [0, 0.05) is 37.4 Å². The van der Waals surface area contributed by atoms with Crippen molar-refractivity contribution in [3.8, 4) is 11.5 Å². The molecule has 1 aliphatic heterocycles. The van der Waals surface area contributed by atoms with Crippen LogP contribution in [0, 0.1) is 0 Å². The molecule has 170 valence electrons. The van der Waals surface area contributed by atoms with Gasteiger partial charge in [0.1, 0.15) is 6.04 Å². The minimum absolute atomic E-state index is 0.160. The quantitative estimate of drug-likeness (QED) is 0.587. The summed E-state index contributed by atoms with van der Waals surface area (Å²) in [5.74, 6) is 2.22. The third kappa shape index (κ3) is 4.27. The molecule has 0 amide bonds. The van der Waals surface area contributed by atoms with E-state index in [9.17, 15) is 0 Å². The molecule has 3 aromatic rings. The number of hydrogen-bond acceptors (Lipinski definition) is 7. The predicted molar refractivity (Wildman–Crippen MR) is 124 cm³/mol. The van der Waals surface area contributed by atoms with Gasteiger partial charge in [-0.1, -0.05) is 30.3 Å². The monoisotopic (exact) mass is 436 g/mol. The van der Waals surface area contributed by atoms with Crippen molar-refractivity contribution in [3.63, 3.8) is 0 Å². The van der Waals surface area contributed by atoms with Crippen molar-refractivity contribution in [2.75, 3.05) is 45.3 Å². The molecular formula is C24H32N6O2. The number of aromatic nitrogens is 4. The Morgan fingerprint density at radius 2 is 1.59 bits per heavy atom. The SMILES string of the molecule is COc1cccc(C(c2nnnn2C(C)(C)C)N2CCN(c3ccccc3)CC2)c1OC. The Morgan fingerprint density at radius 1 is 0.875 bits per heavy atom. The van der Waals surface area contributed by atoms with E-state index in [0.717, 1.165) is 37.6 Å². The van der Waals surface area contributed by atoms with E-state index in [0.29, 0.717) is 11.5 Å². The van der Waals surface area contributed by atoms with Crippen molar-refractivity contribution in [1.82, 2.24) is 25.1 Å². The molecule has 1 aromatic heterocycles. The second-order valence-electron chi connectivity index (χ2n) is 8.96. The lowest BCUT2D eigenvalue weighted by Gasteiger charge is -2.40. The van der Waals surface area contributed by atoms with E-state index < -0.39 is 0 Å². The maximum Gasteiger partial charge on any atom is 0.173 e. The summed E-state index contributed by atoms with van der Waals surface area (Å²) in [7, 11) is 3.34. The molecule has 0 spiro atoms. The molecule has 4 rings (SSSR count). The molecule has 1 aliphatic rings. The average Bonchev–Trinajstić information content (AvgIpc) is 3.30. The number of methoxy groups -OCH3 is 2. The molecule has 1 atom stereocenters. The van der Waals surface area contributed by atoms with E-state index in [2.05, 4.69) is 82.5 Å². The van der Waals surface area contributed by atoms with Crippen LogP contribution in [0.5, 0.6) is 11.5 Å². The molecule has 0 radical (unpaired) electrons. The van der Waals surface area contributed by atoms with E-state index in [1.165, 1.54) is 5.69 Å². The Bertz CT molecular complexity index is 1020. The fourth-order valence-electron chi connectivity index (χ4n) is 4.35. The van der Waals surface area contributed by atoms with Gasteiger partial charge < -0.3 is 14.4 Å². The van der Waals surface area contributed by atoms with Gasteiger partial charge >= 0.3 is 0 Å². The smallest absolute Gasteiger partial charge is 0.173 e. The molecule has 8 heteroatoms. The van der Waals surface area contributed by atoms with Crippen molar-refractivity contribution in [2.45, 2.75) is 32.4 Å². The minimum Gasteiger partial charge on any atom is -0.493 e. The van der Waals surface area contributed by atoms with Crippen LogP contribution in [0.1, 0.15) is 38.2 Å². The van der Waals surface area contributed by atoms with Gasteiger partial charge in [0.05, 0.1) is 19.8 Å². The van der Waals surface area contributed by atoms with Crippen LogP contribution in [0.15, 0.2) is 48.5 Å². The zero-order valence-electron chi connectivity index (χ0n) is 19.5. The summed E-state index contributed by atoms with van der Waals surface area (Å²) in [6.07, 6.45) is 0. The highest BCUT2D eigenvalue weighted by atomic mass is 16.5. The van der Waals surface area contributed by atoms with Crippen LogP contribution in [0.3, 0.4) is 0 Å². The molecular weight excluding hydrogens is 404 g/mol. The van der Waals surface area contributed by atoms with Gasteiger partial charge in [-0.25, -0.2) is 4.68 Å². The summed E-state index contributed by atoms with van der Waals surface area (Å²) >= 11 is 0. The lowest BCUT2D eigenvalue weighted by atomic mass is 10.00. The molecule has 8 nitrogen and oxygen atoms in total. The summed E-state index contributed by atoms with van der Waals surface area (Å²) in [6.45, 7) is 9.92. The molecule has 0 aliphatic carbocycles. The number of para-hydroxylation sites is 2. The molecule has 32 heavy (non-hydrogen) atoms. The standard InChI is InChI=1S/C24H32N6O2/c1-24(2,3)30-23(25-26-27-30)21(19-12-9-13-20(31-4)22(19)32-5)29-16-14-28(15-17-29)18-10-7-6-8-11-18/h6-13,21H,14-17H2,1-5H3. The van der Waals surface area contributed by atoms with E-state index in [1.54, 1.807) is 14.2 Å². The third-order valence-corrected chi connectivity index (χ3v) is 5.90. The van der Waals surface area contributed by atoms with Gasteiger partial charge in [-0.3, -0.25) is 4.90 Å². The topological polar surface area (TPSA) is 68.5 Å². The molecule has 2 heterocycles. The third-order valence-electron chi connectivity index (χ3n) is 5.90. The van der Waals surface area contributed by atoms with Gasteiger partial charge in [-0.05, 0) is 49.4 Å². The molecule has 0 N–H and O–H groups in total. The zero-order valence-corrected chi connectivity index (χ0v) is 19.5. The first kappa shape index (κ1) is 22.1. The lowest BCUT2D eigenvalue weighted by Crippen LogP contribution is -2.48. The second kappa shape index (κ2) is 9.16. The Labute approximate surface area is 189 Å². The van der Waals surface area contributed by atoms with Crippen LogP contribution in [0.2, 0.25) is 0 Å². The first-order chi connectivity index (χ1) is 15.4. The number of anilines is 1. The van der Waals surface area contributed by atoms with E-state index in [4.69, 9.17) is 9.47 Å². The highest BCUT2D eigenvalue weighted by molar-refractivity contribution is 5.50. The minimum atomic E-state index is -0.255. The second-order valence-corrected chi connectivity index (χ2v) is 8.96. The van der Waals surface area contributed by atoms with Crippen molar-refractivity contribution in [2.24, 2.45) is 0 Å². The van der Waals surface area contributed by atoms with Crippen LogP contribution in [-0.2, 0) is 5.54 Å². The molecule has 2 aromatic carbocycles. The van der Waals surface area contributed by atoms with E-state index in [-0.39, 0.29) is 11.6 Å². The van der Waals surface area contributed by atoms with Crippen LogP contribution < -0.4 is 14.4 Å². The van der Waals surface area contributed by atoms with Gasteiger partial charge in [0.2, 0.25) is 0 Å². The summed E-state index contributed by atoms with van der Waals surface area (Å²) in [6, 6.07) is 16.4. The summed E-state index contributed by atoms with van der Waals surface area (Å²) in [4.78, 5) is 4.85. The summed E-state index contributed by atoms with van der Waals surface area (Å²) in [5.41, 5.74) is 2.00. The molecule has 0 bridgehead atoms. The van der Waals surface area contributed by atoms with Crippen molar-refractivity contribution >= 4 is 5.69 Å². The summed E-state index contributed by atoms with van der Waals surface area (Å²) < 4.78 is 13.3. The molecule has 1 saturated heterocycles. The van der Waals surface area contributed by atoms with Crippen LogP contribution in [-0.4, -0.2) is 65.5 Å². The van der Waals surface area contributed by atoms with Crippen molar-refractivity contribution < 1.29 is 9.47 Å². The number of nitrogens with zero attached hydrogens (tertiary/aromatic N) is 6. The fourth-order valence-corrected chi connectivity index (χ4v) is 4.35. The van der Waals surface area contributed by atoms with Crippen molar-refractivity contribution in [3.05, 3.63) is 59.9 Å². The molecule has 1 fully saturated rings. The molecule has 0 saturated carbocycles. The van der Waals surface area contributed by atoms with E-state index in [1.807, 2.05) is 16.8 Å². The first-order valence-corrected chi connectivity index (χ1v) is 11.0. The predicted octanol–water partition coefficient (Wildman–Crippen LogP) is 3.36. The van der Waals surface area contributed by atoms with Gasteiger partial charge in [0.25, 0.3) is 0 Å². The largest absolute Gasteiger partial charge is 0.493 e. The number of piperazine rings is 1. The highest BCUT2D eigenvalue weighted by Gasteiger charge is 2.35. The fraction of sp³-hybridized carbons (Fsp3) is 0.458. The number of tetrazole rings is 1. The van der Waals surface area contributed by atoms with Gasteiger partial charge in [0.15, 0.2) is 17.3 Å². The Balaban J connectivity index is 1.73. The number of hydrogen-bond donors (Lipinski definition) is 0.